The normalized spacial score (nSPS) is 16.9. The maximum Gasteiger partial charge on any atom is 0.252 e. The molecule has 0 bridgehead atoms. The molecule has 1 aromatic heterocycles. The van der Waals surface area contributed by atoms with Crippen molar-refractivity contribution in [3.8, 4) is 0 Å². The molecule has 0 spiro atoms. The minimum absolute atomic E-state index is 0.0210. The highest BCUT2D eigenvalue weighted by Gasteiger charge is 2.42. The second-order valence-electron chi connectivity index (χ2n) is 5.09. The monoisotopic (exact) mass is 278 g/mol. The summed E-state index contributed by atoms with van der Waals surface area (Å²) < 4.78 is 1.51. The number of nitrogens with one attached hydrogen (secondary N) is 2. The van der Waals surface area contributed by atoms with Gasteiger partial charge in [0.2, 0.25) is 6.21 Å². The molecule has 4 N–H and O–H groups in total. The van der Waals surface area contributed by atoms with Gasteiger partial charge in [-0.05, 0) is 31.0 Å². The molecular formula is C14H20N3O3+. The van der Waals surface area contributed by atoms with Crippen molar-refractivity contribution in [2.45, 2.75) is 25.3 Å². The van der Waals surface area contributed by atoms with Crippen molar-refractivity contribution in [3.63, 3.8) is 0 Å². The highest BCUT2D eigenvalue weighted by atomic mass is 16.4. The summed E-state index contributed by atoms with van der Waals surface area (Å²) in [7, 11) is 1.68. The van der Waals surface area contributed by atoms with E-state index in [-0.39, 0.29) is 17.7 Å². The summed E-state index contributed by atoms with van der Waals surface area (Å²) in [6.45, 7) is 1.88. The first-order valence-corrected chi connectivity index (χ1v) is 6.55. The van der Waals surface area contributed by atoms with Gasteiger partial charge < -0.3 is 15.0 Å². The smallest absolute Gasteiger partial charge is 0.252 e. The van der Waals surface area contributed by atoms with Gasteiger partial charge in [0.05, 0.1) is 29.1 Å². The molecule has 6 heteroatoms. The number of hydrogen-bond acceptors (Lipinski definition) is 4. The molecule has 0 saturated heterocycles. The van der Waals surface area contributed by atoms with Gasteiger partial charge in [-0.15, -0.1) is 0 Å². The summed E-state index contributed by atoms with van der Waals surface area (Å²) in [4.78, 5) is 12.0. The van der Waals surface area contributed by atoms with E-state index in [4.69, 9.17) is 5.21 Å². The SMILES string of the molecule is C/C=C\c1c(/C=[NH+]\O)c(NC2(CO)CC2)cc(=O)n1C. The van der Waals surface area contributed by atoms with Gasteiger partial charge in [0, 0.05) is 13.1 Å². The molecule has 108 valence electrons. The van der Waals surface area contributed by atoms with E-state index in [1.54, 1.807) is 13.1 Å². The molecule has 0 radical (unpaired) electrons. The van der Waals surface area contributed by atoms with Gasteiger partial charge in [-0.2, -0.15) is 0 Å². The van der Waals surface area contributed by atoms with E-state index >= 15 is 0 Å². The van der Waals surface area contributed by atoms with Crippen LogP contribution in [-0.2, 0) is 7.05 Å². The Morgan fingerprint density at radius 2 is 2.25 bits per heavy atom. The van der Waals surface area contributed by atoms with E-state index in [0.717, 1.165) is 12.8 Å². The van der Waals surface area contributed by atoms with Crippen LogP contribution in [-0.4, -0.2) is 33.2 Å². The lowest BCUT2D eigenvalue weighted by Gasteiger charge is -2.19. The molecule has 6 nitrogen and oxygen atoms in total. The third-order valence-corrected chi connectivity index (χ3v) is 3.62. The lowest BCUT2D eigenvalue weighted by Crippen LogP contribution is -2.64. The van der Waals surface area contributed by atoms with Gasteiger partial charge in [-0.1, -0.05) is 6.08 Å². The van der Waals surface area contributed by atoms with Crippen molar-refractivity contribution in [2.24, 2.45) is 7.05 Å². The zero-order valence-electron chi connectivity index (χ0n) is 11.7. The molecule has 1 aromatic rings. The van der Waals surface area contributed by atoms with Gasteiger partial charge >= 0.3 is 0 Å². The highest BCUT2D eigenvalue weighted by molar-refractivity contribution is 5.89. The summed E-state index contributed by atoms with van der Waals surface area (Å²) in [5.74, 6) is 0. The number of allylic oxidation sites excluding steroid dienone is 1. The van der Waals surface area contributed by atoms with Crippen LogP contribution in [0, 0.1) is 0 Å². The number of nitrogens with zero attached hydrogens (tertiary/aromatic N) is 1. The molecule has 0 aliphatic heterocycles. The standard InChI is InChI=1S/C14H19N3O3/c1-3-4-12-10(8-15-20)11(7-13(19)17(12)2)16-14(9-18)5-6-14/h3-4,7-8,16,18,20H,5-6,9H2,1-2H3/p+1/b4-3-,15-8-. The third-order valence-electron chi connectivity index (χ3n) is 3.62. The van der Waals surface area contributed by atoms with E-state index in [9.17, 15) is 9.90 Å². The Morgan fingerprint density at radius 1 is 1.55 bits per heavy atom. The Hall–Kier alpha value is -2.08. The Morgan fingerprint density at radius 3 is 2.75 bits per heavy atom. The van der Waals surface area contributed by atoms with Gasteiger partial charge in [-0.3, -0.25) is 10.0 Å². The molecule has 0 amide bonds. The third kappa shape index (κ3) is 2.60. The Balaban J connectivity index is 2.57. The summed E-state index contributed by atoms with van der Waals surface area (Å²) in [5, 5.41) is 23.6. The molecule has 0 unspecified atom stereocenters. The van der Waals surface area contributed by atoms with Crippen molar-refractivity contribution in [3.05, 3.63) is 33.8 Å². The Labute approximate surface area is 117 Å². The van der Waals surface area contributed by atoms with Gasteiger partial charge in [-0.25, -0.2) is 0 Å². The van der Waals surface area contributed by atoms with E-state index < -0.39 is 0 Å². The fourth-order valence-corrected chi connectivity index (χ4v) is 2.17. The van der Waals surface area contributed by atoms with Crippen LogP contribution in [0.25, 0.3) is 6.08 Å². The number of aromatic nitrogens is 1. The number of aliphatic hydroxyl groups excluding tert-OH is 1. The molecule has 1 heterocycles. The summed E-state index contributed by atoms with van der Waals surface area (Å²) in [5.41, 5.74) is 1.47. The summed E-state index contributed by atoms with van der Waals surface area (Å²) in [6, 6.07) is 1.48. The van der Waals surface area contributed by atoms with Gasteiger partial charge in [0.25, 0.3) is 5.56 Å². The minimum Gasteiger partial charge on any atom is -0.394 e. The van der Waals surface area contributed by atoms with Crippen LogP contribution in [0.2, 0.25) is 0 Å². The fourth-order valence-electron chi connectivity index (χ4n) is 2.17. The van der Waals surface area contributed by atoms with Gasteiger partial charge in [0.1, 0.15) is 0 Å². The van der Waals surface area contributed by atoms with Crippen LogP contribution >= 0.6 is 0 Å². The maximum absolute atomic E-state index is 12.0. The summed E-state index contributed by atoms with van der Waals surface area (Å²) >= 11 is 0. The van der Waals surface area contributed by atoms with E-state index in [1.165, 1.54) is 16.8 Å². The molecule has 1 saturated carbocycles. The first-order valence-electron chi connectivity index (χ1n) is 6.55. The number of rotatable bonds is 5. The number of pyridine rings is 1. The average Bonchev–Trinajstić information content (AvgIpc) is 3.20. The van der Waals surface area contributed by atoms with Crippen LogP contribution in [0.1, 0.15) is 31.0 Å². The van der Waals surface area contributed by atoms with Crippen molar-refractivity contribution < 1.29 is 15.5 Å². The maximum atomic E-state index is 12.0. The number of hydrogen-bond donors (Lipinski definition) is 4. The predicted molar refractivity (Wildman–Crippen MR) is 77.0 cm³/mol. The largest absolute Gasteiger partial charge is 0.394 e. The number of aliphatic hydroxyl groups is 1. The molecule has 2 rings (SSSR count). The lowest BCUT2D eigenvalue weighted by molar-refractivity contribution is -0.733. The lowest BCUT2D eigenvalue weighted by atomic mass is 10.1. The second-order valence-corrected chi connectivity index (χ2v) is 5.09. The highest BCUT2D eigenvalue weighted by Crippen LogP contribution is 2.38. The second kappa shape index (κ2) is 5.50. The Bertz CT molecular complexity index is 613. The average molecular weight is 278 g/mol. The van der Waals surface area contributed by atoms with Crippen LogP contribution in [0.15, 0.2) is 16.9 Å². The summed E-state index contributed by atoms with van der Waals surface area (Å²) in [6.07, 6.45) is 6.78. The Kier molecular flexibility index (Phi) is 3.94. The van der Waals surface area contributed by atoms with Crippen molar-refractivity contribution >= 4 is 18.0 Å². The molecule has 20 heavy (non-hydrogen) atoms. The zero-order chi connectivity index (χ0) is 14.8. The fraction of sp³-hybridized carbons (Fsp3) is 0.429. The topological polar surface area (TPSA) is 88.5 Å². The van der Waals surface area contributed by atoms with Crippen LogP contribution in [0.5, 0.6) is 0 Å². The first kappa shape index (κ1) is 14.3. The molecule has 0 aromatic carbocycles. The van der Waals surface area contributed by atoms with E-state index in [2.05, 4.69) is 5.32 Å². The predicted octanol–water partition coefficient (Wildman–Crippen LogP) is -0.756. The van der Waals surface area contributed by atoms with Crippen LogP contribution in [0.4, 0.5) is 5.69 Å². The van der Waals surface area contributed by atoms with Crippen LogP contribution < -0.4 is 16.0 Å². The van der Waals surface area contributed by atoms with Crippen molar-refractivity contribution in [1.29, 1.82) is 0 Å². The first-order chi connectivity index (χ1) is 9.56. The molecule has 1 fully saturated rings. The quantitative estimate of drug-likeness (QED) is 0.324. The minimum atomic E-state index is -0.336. The van der Waals surface area contributed by atoms with Crippen molar-refractivity contribution in [1.82, 2.24) is 4.57 Å². The van der Waals surface area contributed by atoms with E-state index in [1.807, 2.05) is 18.2 Å². The molecule has 1 aliphatic carbocycles. The van der Waals surface area contributed by atoms with Crippen LogP contribution in [0.3, 0.4) is 0 Å². The van der Waals surface area contributed by atoms with Crippen molar-refractivity contribution in [2.75, 3.05) is 11.9 Å². The number of anilines is 1. The molecular weight excluding hydrogens is 258 g/mol. The van der Waals surface area contributed by atoms with Gasteiger partial charge in [0.15, 0.2) is 0 Å². The molecule has 0 atom stereocenters. The van der Waals surface area contributed by atoms with E-state index in [0.29, 0.717) is 16.9 Å². The zero-order valence-corrected chi connectivity index (χ0v) is 11.7. The molecule has 1 aliphatic rings.